The summed E-state index contributed by atoms with van der Waals surface area (Å²) in [6.07, 6.45) is -0.398. The number of piperazine rings is 1. The quantitative estimate of drug-likeness (QED) is 0.665. The molecule has 0 unspecified atom stereocenters. The molecule has 0 radical (unpaired) electrons. The van der Waals surface area contributed by atoms with E-state index in [4.69, 9.17) is 0 Å². The minimum Gasteiger partial charge on any atom is -0.392 e. The van der Waals surface area contributed by atoms with Crippen LogP contribution in [0.4, 0.5) is 15.8 Å². The van der Waals surface area contributed by atoms with Crippen LogP contribution in [0.25, 0.3) is 0 Å². The van der Waals surface area contributed by atoms with Crippen LogP contribution in [0.3, 0.4) is 0 Å². The molecule has 1 aliphatic rings. The van der Waals surface area contributed by atoms with Gasteiger partial charge in [-0.05, 0) is 13.0 Å². The molecule has 0 aromatic heterocycles. The molecule has 1 fully saturated rings. The topological polar surface area (TPSA) is 69.8 Å². The first-order valence-corrected chi connectivity index (χ1v) is 6.56. The molecule has 110 valence electrons. The molecule has 1 saturated heterocycles. The van der Waals surface area contributed by atoms with E-state index >= 15 is 0 Å². The van der Waals surface area contributed by atoms with Crippen LogP contribution >= 0.6 is 0 Å². The van der Waals surface area contributed by atoms with Gasteiger partial charge in [-0.2, -0.15) is 0 Å². The number of halogens is 1. The molecule has 0 spiro atoms. The SMILES string of the molecule is C[C@@H](O)CN1CCN(c2cc(F)ccc2[N+](=O)[O-])CC1. The van der Waals surface area contributed by atoms with E-state index in [9.17, 15) is 19.6 Å². The van der Waals surface area contributed by atoms with Gasteiger partial charge in [0.25, 0.3) is 5.69 Å². The lowest BCUT2D eigenvalue weighted by Crippen LogP contribution is -2.48. The highest BCUT2D eigenvalue weighted by Crippen LogP contribution is 2.29. The van der Waals surface area contributed by atoms with Crippen LogP contribution in [0, 0.1) is 15.9 Å². The van der Waals surface area contributed by atoms with Gasteiger partial charge in [0.2, 0.25) is 0 Å². The van der Waals surface area contributed by atoms with E-state index in [0.29, 0.717) is 38.4 Å². The third-order valence-electron chi connectivity index (χ3n) is 3.37. The smallest absolute Gasteiger partial charge is 0.292 e. The van der Waals surface area contributed by atoms with Crippen LogP contribution in [-0.4, -0.2) is 53.8 Å². The first kappa shape index (κ1) is 14.7. The molecule has 1 atom stereocenters. The van der Waals surface area contributed by atoms with Crippen molar-refractivity contribution >= 4 is 11.4 Å². The summed E-state index contributed by atoms with van der Waals surface area (Å²) in [5.41, 5.74) is 0.252. The van der Waals surface area contributed by atoms with Gasteiger partial charge in [-0.15, -0.1) is 0 Å². The lowest BCUT2D eigenvalue weighted by Gasteiger charge is -2.36. The molecule has 20 heavy (non-hydrogen) atoms. The second kappa shape index (κ2) is 6.15. The number of benzene rings is 1. The monoisotopic (exact) mass is 283 g/mol. The summed E-state index contributed by atoms with van der Waals surface area (Å²) in [4.78, 5) is 14.4. The highest BCUT2D eigenvalue weighted by atomic mass is 19.1. The van der Waals surface area contributed by atoms with E-state index in [2.05, 4.69) is 4.90 Å². The van der Waals surface area contributed by atoms with Crippen LogP contribution in [0.2, 0.25) is 0 Å². The summed E-state index contributed by atoms with van der Waals surface area (Å²) in [7, 11) is 0. The zero-order chi connectivity index (χ0) is 14.7. The summed E-state index contributed by atoms with van der Waals surface area (Å²) in [5.74, 6) is -0.475. The molecule has 6 nitrogen and oxygen atoms in total. The zero-order valence-corrected chi connectivity index (χ0v) is 11.3. The van der Waals surface area contributed by atoms with Gasteiger partial charge in [-0.25, -0.2) is 4.39 Å². The van der Waals surface area contributed by atoms with Crippen LogP contribution in [-0.2, 0) is 0 Å². The van der Waals surface area contributed by atoms with Gasteiger partial charge in [0.1, 0.15) is 11.5 Å². The van der Waals surface area contributed by atoms with Gasteiger partial charge in [0, 0.05) is 44.9 Å². The van der Waals surface area contributed by atoms with E-state index in [1.807, 2.05) is 4.90 Å². The molecule has 0 aliphatic carbocycles. The van der Waals surface area contributed by atoms with Gasteiger partial charge >= 0.3 is 0 Å². The number of β-amino-alcohol motifs (C(OH)–C–C–N with tert-alkyl or cyclic N) is 1. The number of aliphatic hydroxyl groups excluding tert-OH is 1. The Labute approximate surface area is 116 Å². The van der Waals surface area contributed by atoms with E-state index in [0.717, 1.165) is 6.07 Å². The number of nitrogens with zero attached hydrogens (tertiary/aromatic N) is 3. The minimum atomic E-state index is -0.489. The maximum atomic E-state index is 13.3. The van der Waals surface area contributed by atoms with Gasteiger partial charge in [-0.1, -0.05) is 0 Å². The third kappa shape index (κ3) is 3.43. The molecule has 0 saturated carbocycles. The van der Waals surface area contributed by atoms with Gasteiger partial charge in [0.15, 0.2) is 0 Å². The highest BCUT2D eigenvalue weighted by molar-refractivity contribution is 5.63. The Morgan fingerprint density at radius 2 is 2.05 bits per heavy atom. The Kier molecular flexibility index (Phi) is 4.51. The van der Waals surface area contributed by atoms with Crippen molar-refractivity contribution in [2.75, 3.05) is 37.6 Å². The standard InChI is InChI=1S/C13H18FN3O3/c1-10(18)9-15-4-6-16(7-5-15)13-8-11(14)2-3-12(13)17(19)20/h2-3,8,10,18H,4-7,9H2,1H3/t10-/m1/s1. The third-order valence-corrected chi connectivity index (χ3v) is 3.37. The van der Waals surface area contributed by atoms with Crippen molar-refractivity contribution in [1.29, 1.82) is 0 Å². The Hall–Kier alpha value is -1.73. The first-order valence-electron chi connectivity index (χ1n) is 6.56. The molecular formula is C13H18FN3O3. The molecule has 1 N–H and O–H groups in total. The number of hydrogen-bond acceptors (Lipinski definition) is 5. The number of anilines is 1. The van der Waals surface area contributed by atoms with Crippen LogP contribution in [0.1, 0.15) is 6.92 Å². The number of nitro benzene ring substituents is 1. The summed E-state index contributed by atoms with van der Waals surface area (Å²) in [6, 6.07) is 3.51. The fourth-order valence-corrected chi connectivity index (χ4v) is 2.45. The van der Waals surface area contributed by atoms with Crippen molar-refractivity contribution in [3.05, 3.63) is 34.1 Å². The zero-order valence-electron chi connectivity index (χ0n) is 11.3. The van der Waals surface area contributed by atoms with Crippen LogP contribution in [0.5, 0.6) is 0 Å². The van der Waals surface area contributed by atoms with E-state index in [-0.39, 0.29) is 5.69 Å². The van der Waals surface area contributed by atoms with Crippen molar-refractivity contribution in [1.82, 2.24) is 4.90 Å². The second-order valence-corrected chi connectivity index (χ2v) is 5.03. The molecule has 1 aliphatic heterocycles. The van der Waals surface area contributed by atoms with Crippen LogP contribution < -0.4 is 4.90 Å². The van der Waals surface area contributed by atoms with Crippen molar-refractivity contribution in [3.8, 4) is 0 Å². The number of rotatable bonds is 4. The molecule has 1 aromatic carbocycles. The molecular weight excluding hydrogens is 265 g/mol. The van der Waals surface area contributed by atoms with Gasteiger partial charge < -0.3 is 10.0 Å². The average molecular weight is 283 g/mol. The number of nitro groups is 1. The second-order valence-electron chi connectivity index (χ2n) is 5.03. The summed E-state index contributed by atoms with van der Waals surface area (Å²) in [6.45, 7) is 4.86. The average Bonchev–Trinajstić information content (AvgIpc) is 2.38. The molecule has 0 amide bonds. The maximum absolute atomic E-state index is 13.3. The molecule has 1 heterocycles. The van der Waals surface area contributed by atoms with Crippen molar-refractivity contribution < 1.29 is 14.4 Å². The Balaban J connectivity index is 2.10. The fraction of sp³-hybridized carbons (Fsp3) is 0.538. The van der Waals surface area contributed by atoms with E-state index < -0.39 is 16.8 Å². The van der Waals surface area contributed by atoms with Crippen LogP contribution in [0.15, 0.2) is 18.2 Å². The van der Waals surface area contributed by atoms with Gasteiger partial charge in [0.05, 0.1) is 11.0 Å². The Morgan fingerprint density at radius 3 is 2.60 bits per heavy atom. The van der Waals surface area contributed by atoms with E-state index in [1.54, 1.807) is 6.92 Å². The van der Waals surface area contributed by atoms with E-state index in [1.165, 1.54) is 12.1 Å². The largest absolute Gasteiger partial charge is 0.392 e. The lowest BCUT2D eigenvalue weighted by atomic mass is 10.2. The molecule has 2 rings (SSSR count). The minimum absolute atomic E-state index is 0.0737. The number of aliphatic hydroxyl groups is 1. The predicted molar refractivity (Wildman–Crippen MR) is 73.4 cm³/mol. The lowest BCUT2D eigenvalue weighted by molar-refractivity contribution is -0.384. The van der Waals surface area contributed by atoms with Crippen molar-refractivity contribution in [2.45, 2.75) is 13.0 Å². The molecule has 7 heteroatoms. The summed E-state index contributed by atoms with van der Waals surface area (Å²) in [5, 5.41) is 20.3. The number of hydrogen-bond donors (Lipinski definition) is 1. The Bertz CT molecular complexity index is 488. The normalized spacial score (nSPS) is 18.1. The first-order chi connectivity index (χ1) is 9.47. The summed E-state index contributed by atoms with van der Waals surface area (Å²) >= 11 is 0. The predicted octanol–water partition coefficient (Wildman–Crippen LogP) is 1.24. The van der Waals surface area contributed by atoms with Crippen molar-refractivity contribution in [2.24, 2.45) is 0 Å². The summed E-state index contributed by atoms with van der Waals surface area (Å²) < 4.78 is 13.3. The molecule has 0 bridgehead atoms. The molecule has 1 aromatic rings. The Morgan fingerprint density at radius 1 is 1.40 bits per heavy atom. The maximum Gasteiger partial charge on any atom is 0.292 e. The van der Waals surface area contributed by atoms with Crippen molar-refractivity contribution in [3.63, 3.8) is 0 Å². The highest BCUT2D eigenvalue weighted by Gasteiger charge is 2.24. The fourth-order valence-electron chi connectivity index (χ4n) is 2.45. The van der Waals surface area contributed by atoms with Gasteiger partial charge in [-0.3, -0.25) is 15.0 Å².